The van der Waals surface area contributed by atoms with Gasteiger partial charge in [0.25, 0.3) is 0 Å². The third kappa shape index (κ3) is 8.54. The van der Waals surface area contributed by atoms with Gasteiger partial charge < -0.3 is 28.4 Å². The smallest absolute Gasteiger partial charge is 0.350 e. The van der Waals surface area contributed by atoms with Gasteiger partial charge in [-0.05, 0) is 6.26 Å². The average molecular weight is 520 g/mol. The fraction of sp³-hybridized carbons (Fsp3) is 0.600. The Morgan fingerprint density at radius 1 is 0.882 bits per heavy atom. The Bertz CT molecular complexity index is 882. The van der Waals surface area contributed by atoms with Crippen LogP contribution in [-0.4, -0.2) is 79.7 Å². The van der Waals surface area contributed by atoms with E-state index in [4.69, 9.17) is 23.7 Å². The molecule has 0 aromatic heterocycles. The largest absolute Gasteiger partial charge is 0.465 e. The first-order valence-electron chi connectivity index (χ1n) is 9.68. The minimum absolute atomic E-state index is 0.162. The summed E-state index contributed by atoms with van der Waals surface area (Å²) < 4.78 is 31.7. The van der Waals surface area contributed by atoms with Crippen LogP contribution in [0.1, 0.15) is 27.7 Å². The molecular weight excluding hydrogens is 494 g/mol. The standard InChI is InChI=1S/C20H25NO11S2/c1-9(22)28-8-14-15(29-10(2)23)16(30-11(3)24)17(31-12(4)25)19(32-14)34-20(33-6)13(7-21)18(26)27-5/h14-17,19H,8H2,1-6H3. The summed E-state index contributed by atoms with van der Waals surface area (Å²) in [5.74, 6) is -3.84. The minimum atomic E-state index is -1.36. The average Bonchev–Trinajstić information content (AvgIpc) is 2.74. The van der Waals surface area contributed by atoms with Crippen molar-refractivity contribution in [3.63, 3.8) is 0 Å². The van der Waals surface area contributed by atoms with Gasteiger partial charge >= 0.3 is 29.8 Å². The summed E-state index contributed by atoms with van der Waals surface area (Å²) >= 11 is 1.86. The summed E-state index contributed by atoms with van der Waals surface area (Å²) in [6.45, 7) is 4.09. The van der Waals surface area contributed by atoms with Crippen LogP contribution in [0.3, 0.4) is 0 Å². The number of esters is 5. The topological polar surface area (TPSA) is 165 Å². The van der Waals surface area contributed by atoms with Crippen LogP contribution in [0.25, 0.3) is 0 Å². The molecule has 0 bridgehead atoms. The molecule has 12 nitrogen and oxygen atoms in total. The number of nitrogens with zero attached hydrogens (tertiary/aromatic N) is 1. The second-order valence-electron chi connectivity index (χ2n) is 6.66. The number of rotatable bonds is 9. The van der Waals surface area contributed by atoms with E-state index in [1.165, 1.54) is 0 Å². The van der Waals surface area contributed by atoms with Crippen LogP contribution in [0.2, 0.25) is 0 Å². The molecule has 0 saturated carbocycles. The fourth-order valence-corrected chi connectivity index (χ4v) is 4.88. The van der Waals surface area contributed by atoms with Gasteiger partial charge in [-0.2, -0.15) is 5.26 Å². The normalized spacial score (nSPS) is 24.6. The molecule has 0 aromatic rings. The van der Waals surface area contributed by atoms with Gasteiger partial charge in [0.1, 0.15) is 24.2 Å². The van der Waals surface area contributed by atoms with E-state index in [1.54, 1.807) is 12.3 Å². The Kier molecular flexibility index (Phi) is 11.9. The Hall–Kier alpha value is -2.76. The molecule has 0 N–H and O–H groups in total. The van der Waals surface area contributed by atoms with Gasteiger partial charge in [-0.25, -0.2) is 4.79 Å². The van der Waals surface area contributed by atoms with Crippen molar-refractivity contribution in [2.24, 2.45) is 0 Å². The van der Waals surface area contributed by atoms with Crippen molar-refractivity contribution in [1.82, 2.24) is 0 Å². The molecule has 0 amide bonds. The van der Waals surface area contributed by atoms with Crippen molar-refractivity contribution in [1.29, 1.82) is 5.26 Å². The van der Waals surface area contributed by atoms with Gasteiger partial charge in [0, 0.05) is 27.7 Å². The molecule has 0 aromatic carbocycles. The molecule has 1 aliphatic heterocycles. The molecule has 0 radical (unpaired) electrons. The van der Waals surface area contributed by atoms with Gasteiger partial charge in [0.2, 0.25) is 0 Å². The number of thioether (sulfide) groups is 2. The van der Waals surface area contributed by atoms with Gasteiger partial charge in [0.05, 0.1) is 11.3 Å². The Labute approximate surface area is 204 Å². The predicted molar refractivity (Wildman–Crippen MR) is 118 cm³/mol. The lowest BCUT2D eigenvalue weighted by molar-refractivity contribution is -0.237. The lowest BCUT2D eigenvalue weighted by Crippen LogP contribution is -2.61. The first-order chi connectivity index (χ1) is 15.9. The lowest BCUT2D eigenvalue weighted by atomic mass is 9.99. The molecule has 1 saturated heterocycles. The number of hydrogen-bond acceptors (Lipinski definition) is 14. The predicted octanol–water partition coefficient (Wildman–Crippen LogP) is 1.07. The fourth-order valence-electron chi connectivity index (χ4n) is 2.87. The number of hydrogen-bond donors (Lipinski definition) is 0. The molecule has 1 rings (SSSR count). The van der Waals surface area contributed by atoms with Gasteiger partial charge in [0.15, 0.2) is 23.9 Å². The molecule has 1 aliphatic rings. The van der Waals surface area contributed by atoms with E-state index in [1.807, 2.05) is 0 Å². The second-order valence-corrected chi connectivity index (χ2v) is 8.84. The maximum Gasteiger partial charge on any atom is 0.350 e. The van der Waals surface area contributed by atoms with Crippen LogP contribution in [0.4, 0.5) is 0 Å². The van der Waals surface area contributed by atoms with Crippen molar-refractivity contribution in [3.05, 3.63) is 9.81 Å². The number of nitriles is 1. The maximum absolute atomic E-state index is 12.0. The molecule has 1 fully saturated rings. The highest BCUT2D eigenvalue weighted by molar-refractivity contribution is 8.22. The van der Waals surface area contributed by atoms with Gasteiger partial charge in [-0.3, -0.25) is 19.2 Å². The maximum atomic E-state index is 12.0. The number of carbonyl (C=O) groups excluding carboxylic acids is 5. The van der Waals surface area contributed by atoms with E-state index in [0.717, 1.165) is 58.3 Å². The van der Waals surface area contributed by atoms with Crippen LogP contribution in [0, 0.1) is 11.3 Å². The van der Waals surface area contributed by atoms with Crippen LogP contribution >= 0.6 is 23.5 Å². The molecule has 5 atom stereocenters. The Balaban J connectivity index is 3.57. The third-order valence-electron chi connectivity index (χ3n) is 4.06. The zero-order valence-electron chi connectivity index (χ0n) is 19.3. The van der Waals surface area contributed by atoms with Crippen LogP contribution < -0.4 is 0 Å². The molecule has 1 heterocycles. The van der Waals surface area contributed by atoms with E-state index >= 15 is 0 Å². The first kappa shape index (κ1) is 29.3. The van der Waals surface area contributed by atoms with Crippen LogP contribution in [-0.2, 0) is 52.4 Å². The Morgan fingerprint density at radius 3 is 1.85 bits per heavy atom. The van der Waals surface area contributed by atoms with Gasteiger partial charge in [-0.15, -0.1) is 11.8 Å². The van der Waals surface area contributed by atoms with Crippen LogP contribution in [0.5, 0.6) is 0 Å². The molecule has 14 heteroatoms. The van der Waals surface area contributed by atoms with E-state index in [-0.39, 0.29) is 9.81 Å². The van der Waals surface area contributed by atoms with Crippen molar-refractivity contribution in [3.8, 4) is 6.07 Å². The highest BCUT2D eigenvalue weighted by Crippen LogP contribution is 2.41. The van der Waals surface area contributed by atoms with Gasteiger partial charge in [-0.1, -0.05) is 11.8 Å². The third-order valence-corrected chi connectivity index (χ3v) is 6.46. The molecular formula is C20H25NO11S2. The van der Waals surface area contributed by atoms with E-state index in [2.05, 4.69) is 4.74 Å². The monoisotopic (exact) mass is 519 g/mol. The SMILES string of the molecule is COC(=O)C(C#N)=C(SC)SC1OC(COC(C)=O)C(OC(C)=O)C(OC(C)=O)C1OC(C)=O. The highest BCUT2D eigenvalue weighted by atomic mass is 32.2. The zero-order valence-corrected chi connectivity index (χ0v) is 21.0. The molecule has 188 valence electrons. The highest BCUT2D eigenvalue weighted by Gasteiger charge is 2.52. The molecule has 0 aliphatic carbocycles. The minimum Gasteiger partial charge on any atom is -0.465 e. The Morgan fingerprint density at radius 2 is 1.41 bits per heavy atom. The lowest BCUT2D eigenvalue weighted by Gasteiger charge is -2.44. The zero-order chi connectivity index (χ0) is 26.0. The summed E-state index contributed by atoms with van der Waals surface area (Å²) in [4.78, 5) is 58.9. The summed E-state index contributed by atoms with van der Waals surface area (Å²) in [5.41, 5.74) is -1.50. The number of methoxy groups -OCH3 is 1. The summed E-state index contributed by atoms with van der Waals surface area (Å²) in [5, 5.41) is 9.43. The van der Waals surface area contributed by atoms with Crippen molar-refractivity contribution >= 4 is 53.4 Å². The van der Waals surface area contributed by atoms with Crippen LogP contribution in [0.15, 0.2) is 9.81 Å². The quantitative estimate of drug-likeness (QED) is 0.184. The summed E-state index contributed by atoms with van der Waals surface area (Å²) in [6, 6.07) is 1.75. The van der Waals surface area contributed by atoms with Crippen molar-refractivity contribution < 1.29 is 52.4 Å². The first-order valence-corrected chi connectivity index (χ1v) is 11.8. The number of ether oxygens (including phenoxy) is 6. The van der Waals surface area contributed by atoms with E-state index in [9.17, 15) is 29.2 Å². The van der Waals surface area contributed by atoms with E-state index in [0.29, 0.717) is 0 Å². The molecule has 5 unspecified atom stereocenters. The van der Waals surface area contributed by atoms with Crippen molar-refractivity contribution in [2.45, 2.75) is 57.5 Å². The summed E-state index contributed by atoms with van der Waals surface area (Å²) in [6.07, 6.45) is -3.55. The number of carbonyl (C=O) groups is 5. The summed E-state index contributed by atoms with van der Waals surface area (Å²) in [7, 11) is 1.11. The second kappa shape index (κ2) is 13.8. The van der Waals surface area contributed by atoms with Crippen molar-refractivity contribution in [2.75, 3.05) is 20.0 Å². The molecule has 0 spiro atoms. The molecule has 34 heavy (non-hydrogen) atoms. The van der Waals surface area contributed by atoms with E-state index < -0.39 is 66.3 Å².